The average Bonchev–Trinajstić information content (AvgIpc) is 1.96. The molecule has 0 heterocycles. The summed E-state index contributed by atoms with van der Waals surface area (Å²) in [4.78, 5) is 10.1. The Morgan fingerprint density at radius 2 is 2.45 bits per heavy atom. The number of hydrogen-bond acceptors (Lipinski definition) is 6. The largest absolute Gasteiger partial charge is 0.369 e. The van der Waals surface area contributed by atoms with Gasteiger partial charge in [-0.05, 0) is 0 Å². The quantitative estimate of drug-likeness (QED) is 0.205. The third-order valence-electron chi connectivity index (χ3n) is 0.740. The van der Waals surface area contributed by atoms with Gasteiger partial charge in [0.15, 0.2) is 0 Å². The van der Waals surface area contributed by atoms with Gasteiger partial charge in [0.05, 0.1) is 6.54 Å². The monoisotopic (exact) mass is 182 g/mol. The van der Waals surface area contributed by atoms with Gasteiger partial charge in [0, 0.05) is 24.3 Å². The number of nitrogens with two attached hydrogens (primary N) is 1. The Morgan fingerprint density at radius 3 is 3.00 bits per heavy atom. The lowest BCUT2D eigenvalue weighted by Gasteiger charge is -1.98. The Morgan fingerprint density at radius 1 is 1.73 bits per heavy atom. The maximum Gasteiger partial charge on any atom is 0.231 e. The molecule has 1 amide bonds. The fraction of sp³-hybridized carbons (Fsp3) is 0.750. The average molecular weight is 182 g/mol. The van der Waals surface area contributed by atoms with Crippen molar-refractivity contribution in [1.82, 2.24) is 5.32 Å². The minimum atomic E-state index is -0.408. The molecule has 7 heteroatoms. The Labute approximate surface area is 68.1 Å². The van der Waals surface area contributed by atoms with Crippen LogP contribution in [0.1, 0.15) is 0 Å². The number of nitrogens with one attached hydrogen (secondary N) is 1. The molecule has 0 aliphatic rings. The third-order valence-corrected chi connectivity index (χ3v) is 1.27. The van der Waals surface area contributed by atoms with E-state index in [1.165, 1.54) is 0 Å². The van der Waals surface area contributed by atoms with Gasteiger partial charge in [-0.2, -0.15) is 0 Å². The first-order valence-electron chi connectivity index (χ1n) is 2.86. The van der Waals surface area contributed by atoms with E-state index in [1.807, 2.05) is 0 Å². The summed E-state index contributed by atoms with van der Waals surface area (Å²) in [5, 5.41) is 13.7. The highest BCUT2D eigenvalue weighted by atomic mass is 32.2. The summed E-state index contributed by atoms with van der Waals surface area (Å²) in [6.45, 7) is 0.692. The van der Waals surface area contributed by atoms with Crippen LogP contribution < -0.4 is 11.1 Å². The fourth-order valence-corrected chi connectivity index (χ4v) is 0.720. The van der Waals surface area contributed by atoms with Gasteiger partial charge in [0.2, 0.25) is 5.91 Å². The van der Waals surface area contributed by atoms with Crippen molar-refractivity contribution in [3.8, 4) is 0 Å². The summed E-state index contributed by atoms with van der Waals surface area (Å²) < 4.78 is 4.06. The lowest BCUT2D eigenvalue weighted by Crippen LogP contribution is -2.29. The van der Waals surface area contributed by atoms with Crippen LogP contribution in [0.2, 0.25) is 0 Å². The van der Waals surface area contributed by atoms with Crippen LogP contribution in [0.5, 0.6) is 0 Å². The Bertz CT molecular complexity index is 112. The number of carbonyl (C=O) groups is 1. The molecular formula is C4H10N2O4S. The van der Waals surface area contributed by atoms with E-state index >= 15 is 0 Å². The molecule has 66 valence electrons. The molecule has 0 aliphatic heterocycles. The summed E-state index contributed by atoms with van der Waals surface area (Å²) in [5.74, 6) is 0.141. The Balaban J connectivity index is 2.85. The summed E-state index contributed by atoms with van der Waals surface area (Å²) in [6, 6.07) is 0. The second-order valence-electron chi connectivity index (χ2n) is 1.61. The number of amides is 1. The lowest BCUT2D eigenvalue weighted by atomic mass is 10.6. The van der Waals surface area contributed by atoms with Crippen LogP contribution in [0.15, 0.2) is 0 Å². The van der Waals surface area contributed by atoms with Crippen LogP contribution in [0.4, 0.5) is 0 Å². The summed E-state index contributed by atoms with van der Waals surface area (Å²) in [5.41, 5.74) is 4.83. The number of rotatable bonds is 7. The molecule has 0 rings (SSSR count). The SMILES string of the molecule is NC(=O)CNCCSOOO. The van der Waals surface area contributed by atoms with E-state index in [0.717, 1.165) is 12.0 Å². The van der Waals surface area contributed by atoms with Gasteiger partial charge in [0.1, 0.15) is 0 Å². The van der Waals surface area contributed by atoms with Crippen LogP contribution in [0, 0.1) is 0 Å². The fourth-order valence-electron chi connectivity index (χ4n) is 0.381. The van der Waals surface area contributed by atoms with Gasteiger partial charge in [0.25, 0.3) is 0 Å². The lowest BCUT2D eigenvalue weighted by molar-refractivity contribution is -0.432. The van der Waals surface area contributed by atoms with E-state index in [-0.39, 0.29) is 6.54 Å². The van der Waals surface area contributed by atoms with E-state index in [9.17, 15) is 4.79 Å². The van der Waals surface area contributed by atoms with Crippen molar-refractivity contribution in [2.75, 3.05) is 18.8 Å². The first-order chi connectivity index (χ1) is 5.27. The van der Waals surface area contributed by atoms with Crippen molar-refractivity contribution >= 4 is 17.9 Å². The minimum absolute atomic E-state index is 0.139. The third kappa shape index (κ3) is 9.66. The Kier molecular flexibility index (Phi) is 7.52. The molecule has 0 bridgehead atoms. The van der Waals surface area contributed by atoms with E-state index in [2.05, 4.69) is 14.7 Å². The molecule has 0 fully saturated rings. The van der Waals surface area contributed by atoms with Crippen LogP contribution in [-0.2, 0) is 14.2 Å². The van der Waals surface area contributed by atoms with E-state index in [4.69, 9.17) is 11.0 Å². The number of primary amides is 1. The van der Waals surface area contributed by atoms with E-state index < -0.39 is 5.91 Å². The zero-order chi connectivity index (χ0) is 8.53. The van der Waals surface area contributed by atoms with Gasteiger partial charge in [-0.1, -0.05) is 5.04 Å². The van der Waals surface area contributed by atoms with Crippen LogP contribution in [-0.4, -0.2) is 30.0 Å². The highest BCUT2D eigenvalue weighted by Crippen LogP contribution is 1.98. The molecule has 0 aromatic rings. The predicted octanol–water partition coefficient (Wildman–Crippen LogP) is -0.869. The number of carbonyl (C=O) groups excluding carboxylic acids is 1. The second kappa shape index (κ2) is 7.76. The molecule has 0 radical (unpaired) electrons. The van der Waals surface area contributed by atoms with Gasteiger partial charge < -0.3 is 11.1 Å². The van der Waals surface area contributed by atoms with Crippen LogP contribution >= 0.6 is 12.0 Å². The molecule has 6 nitrogen and oxygen atoms in total. The molecule has 0 saturated carbocycles. The molecule has 11 heavy (non-hydrogen) atoms. The van der Waals surface area contributed by atoms with Crippen molar-refractivity contribution in [3.05, 3.63) is 0 Å². The zero-order valence-electron chi connectivity index (χ0n) is 5.78. The van der Waals surface area contributed by atoms with Crippen LogP contribution in [0.3, 0.4) is 0 Å². The molecule has 4 N–H and O–H groups in total. The number of hydrogen-bond donors (Lipinski definition) is 3. The summed E-state index contributed by atoms with van der Waals surface area (Å²) in [7, 11) is 0. The first-order valence-corrected chi connectivity index (χ1v) is 3.77. The topological polar surface area (TPSA) is 93.8 Å². The molecular weight excluding hydrogens is 172 g/mol. The summed E-state index contributed by atoms with van der Waals surface area (Å²) in [6.07, 6.45) is 0. The van der Waals surface area contributed by atoms with Crippen molar-refractivity contribution < 1.29 is 19.4 Å². The summed E-state index contributed by atoms with van der Waals surface area (Å²) >= 11 is 0.918. The van der Waals surface area contributed by atoms with Crippen LogP contribution in [0.25, 0.3) is 0 Å². The maximum atomic E-state index is 10.1. The highest BCUT2D eigenvalue weighted by molar-refractivity contribution is 7.94. The molecule has 0 atom stereocenters. The minimum Gasteiger partial charge on any atom is -0.369 e. The van der Waals surface area contributed by atoms with Gasteiger partial charge >= 0.3 is 0 Å². The van der Waals surface area contributed by atoms with Crippen molar-refractivity contribution in [1.29, 1.82) is 0 Å². The van der Waals surface area contributed by atoms with Crippen molar-refractivity contribution in [3.63, 3.8) is 0 Å². The molecule has 0 aromatic carbocycles. The van der Waals surface area contributed by atoms with Gasteiger partial charge in [-0.25, -0.2) is 5.26 Å². The maximum absolute atomic E-state index is 10.1. The highest BCUT2D eigenvalue weighted by Gasteiger charge is 1.92. The molecule has 0 spiro atoms. The smallest absolute Gasteiger partial charge is 0.231 e. The molecule has 0 aromatic heterocycles. The molecule has 0 saturated heterocycles. The van der Waals surface area contributed by atoms with Crippen molar-refractivity contribution in [2.24, 2.45) is 5.73 Å². The standard InChI is InChI=1S/C4H10N2O4S/c5-4(7)3-6-1-2-11-10-9-8/h6,8H,1-3H2,(H2,5,7). The predicted molar refractivity (Wildman–Crippen MR) is 39.3 cm³/mol. The molecule has 0 unspecified atom stereocenters. The normalized spacial score (nSPS) is 9.91. The van der Waals surface area contributed by atoms with Gasteiger partial charge in [-0.3, -0.25) is 4.79 Å². The van der Waals surface area contributed by atoms with E-state index in [1.54, 1.807) is 0 Å². The molecule has 0 aliphatic carbocycles. The van der Waals surface area contributed by atoms with E-state index in [0.29, 0.717) is 12.3 Å². The van der Waals surface area contributed by atoms with Crippen molar-refractivity contribution in [2.45, 2.75) is 0 Å². The zero-order valence-corrected chi connectivity index (χ0v) is 6.60. The van der Waals surface area contributed by atoms with Gasteiger partial charge in [-0.15, -0.1) is 4.33 Å². The second-order valence-corrected chi connectivity index (χ2v) is 2.39. The Hall–Kier alpha value is -0.340. The first kappa shape index (κ1) is 10.7.